The van der Waals surface area contributed by atoms with Crippen molar-refractivity contribution in [2.75, 3.05) is 0 Å². The molecule has 0 radical (unpaired) electrons. The molecule has 4 nitrogen and oxygen atoms in total. The van der Waals surface area contributed by atoms with Gasteiger partial charge in [0, 0.05) is 35.9 Å². The van der Waals surface area contributed by atoms with Crippen molar-refractivity contribution >= 4 is 11.0 Å². The number of H-pyrrole nitrogens is 1. The molecule has 2 unspecified atom stereocenters. The highest BCUT2D eigenvalue weighted by Gasteiger charge is 2.48. The first-order chi connectivity index (χ1) is 13.9. The first kappa shape index (κ1) is 18.8. The van der Waals surface area contributed by atoms with Crippen molar-refractivity contribution < 1.29 is 5.11 Å². The SMILES string of the molecule is Cc1ccc(C2(O)CC3CCC(C2)N3Cc2c(C(C)C)[nH]c3ncccc23)cc1. The Morgan fingerprint density at radius 1 is 1.14 bits per heavy atom. The third-order valence-electron chi connectivity index (χ3n) is 7.14. The molecule has 1 aromatic carbocycles. The van der Waals surface area contributed by atoms with Crippen molar-refractivity contribution in [2.24, 2.45) is 0 Å². The molecule has 2 aliphatic heterocycles. The number of nitrogens with one attached hydrogen (secondary N) is 1. The van der Waals surface area contributed by atoms with E-state index in [4.69, 9.17) is 0 Å². The van der Waals surface area contributed by atoms with E-state index < -0.39 is 5.60 Å². The van der Waals surface area contributed by atoms with Gasteiger partial charge in [-0.25, -0.2) is 4.98 Å². The number of aromatic nitrogens is 2. The van der Waals surface area contributed by atoms with Crippen molar-refractivity contribution in [2.45, 2.75) is 76.6 Å². The number of pyridine rings is 1. The predicted octanol–water partition coefficient (Wildman–Crippen LogP) is 5.01. The third kappa shape index (κ3) is 3.19. The quantitative estimate of drug-likeness (QED) is 0.659. The molecule has 2 aromatic heterocycles. The lowest BCUT2D eigenvalue weighted by Crippen LogP contribution is -2.49. The maximum absolute atomic E-state index is 11.5. The fourth-order valence-corrected chi connectivity index (χ4v) is 5.62. The summed E-state index contributed by atoms with van der Waals surface area (Å²) in [4.78, 5) is 10.8. The molecule has 0 saturated carbocycles. The molecule has 5 rings (SSSR count). The minimum Gasteiger partial charge on any atom is -0.385 e. The standard InChI is InChI=1S/C25H31N3O/c1-16(2)23-22(21-5-4-12-26-24(21)27-23)15-28-19-10-11-20(28)14-25(29,13-19)18-8-6-17(3)7-9-18/h4-9,12,16,19-20,29H,10-11,13-15H2,1-3H3,(H,26,27). The number of rotatable bonds is 4. The molecule has 0 spiro atoms. The number of hydrogen-bond donors (Lipinski definition) is 2. The fraction of sp³-hybridized carbons (Fsp3) is 0.480. The van der Waals surface area contributed by atoms with Gasteiger partial charge in [0.2, 0.25) is 0 Å². The van der Waals surface area contributed by atoms with Crippen LogP contribution in [-0.4, -0.2) is 32.1 Å². The van der Waals surface area contributed by atoms with Gasteiger partial charge < -0.3 is 10.1 Å². The molecule has 0 aliphatic carbocycles. The zero-order valence-electron chi connectivity index (χ0n) is 17.7. The lowest BCUT2D eigenvalue weighted by molar-refractivity contribution is -0.0594. The van der Waals surface area contributed by atoms with Crippen LogP contribution in [0.15, 0.2) is 42.6 Å². The molecule has 2 N–H and O–H groups in total. The number of benzene rings is 1. The average molecular weight is 390 g/mol. The summed E-state index contributed by atoms with van der Waals surface area (Å²) in [7, 11) is 0. The van der Waals surface area contributed by atoms with Gasteiger partial charge in [-0.1, -0.05) is 43.7 Å². The summed E-state index contributed by atoms with van der Waals surface area (Å²) in [5.41, 5.74) is 5.31. The second-order valence-corrected chi connectivity index (χ2v) is 9.43. The second kappa shape index (κ2) is 6.96. The van der Waals surface area contributed by atoms with Crippen molar-refractivity contribution in [3.05, 3.63) is 65.0 Å². The third-order valence-corrected chi connectivity index (χ3v) is 7.14. The Kier molecular flexibility index (Phi) is 4.52. The van der Waals surface area contributed by atoms with Gasteiger partial charge >= 0.3 is 0 Å². The number of aryl methyl sites for hydroxylation is 1. The molecular formula is C25H31N3O. The maximum atomic E-state index is 11.5. The van der Waals surface area contributed by atoms with Crippen LogP contribution in [0.4, 0.5) is 0 Å². The molecule has 3 aromatic rings. The van der Waals surface area contributed by atoms with Crippen LogP contribution in [-0.2, 0) is 12.1 Å². The van der Waals surface area contributed by atoms with Gasteiger partial charge in [0.1, 0.15) is 5.65 Å². The number of fused-ring (bicyclic) bond motifs is 3. The average Bonchev–Trinajstić information content (AvgIpc) is 3.18. The van der Waals surface area contributed by atoms with Crippen LogP contribution in [0.3, 0.4) is 0 Å². The molecule has 2 atom stereocenters. The van der Waals surface area contributed by atoms with Crippen LogP contribution in [0, 0.1) is 6.92 Å². The highest BCUT2D eigenvalue weighted by atomic mass is 16.3. The lowest BCUT2D eigenvalue weighted by Gasteiger charge is -2.44. The van der Waals surface area contributed by atoms with Crippen LogP contribution in [0.5, 0.6) is 0 Å². The van der Waals surface area contributed by atoms with Gasteiger partial charge in [0.05, 0.1) is 5.60 Å². The summed E-state index contributed by atoms with van der Waals surface area (Å²) < 4.78 is 0. The Bertz CT molecular complexity index is 1010. The minimum atomic E-state index is -0.696. The summed E-state index contributed by atoms with van der Waals surface area (Å²) in [6.45, 7) is 7.53. The minimum absolute atomic E-state index is 0.432. The molecule has 152 valence electrons. The lowest BCUT2D eigenvalue weighted by atomic mass is 9.80. The zero-order chi connectivity index (χ0) is 20.2. The predicted molar refractivity (Wildman–Crippen MR) is 117 cm³/mol. The number of hydrogen-bond acceptors (Lipinski definition) is 3. The largest absolute Gasteiger partial charge is 0.385 e. The molecule has 2 fully saturated rings. The Morgan fingerprint density at radius 3 is 2.48 bits per heavy atom. The smallest absolute Gasteiger partial charge is 0.137 e. The van der Waals surface area contributed by atoms with E-state index in [-0.39, 0.29) is 0 Å². The maximum Gasteiger partial charge on any atom is 0.137 e. The number of aliphatic hydroxyl groups is 1. The van der Waals surface area contributed by atoms with Crippen LogP contribution in [0.2, 0.25) is 0 Å². The Labute approximate surface area is 173 Å². The topological polar surface area (TPSA) is 52.1 Å². The molecule has 2 saturated heterocycles. The van der Waals surface area contributed by atoms with Crippen LogP contribution >= 0.6 is 0 Å². The van der Waals surface area contributed by atoms with E-state index in [0.29, 0.717) is 18.0 Å². The van der Waals surface area contributed by atoms with Crippen molar-refractivity contribution in [1.82, 2.24) is 14.9 Å². The van der Waals surface area contributed by atoms with Crippen molar-refractivity contribution in [3.63, 3.8) is 0 Å². The summed E-state index contributed by atoms with van der Waals surface area (Å²) in [5, 5.41) is 12.8. The van der Waals surface area contributed by atoms with E-state index in [0.717, 1.165) is 30.6 Å². The second-order valence-electron chi connectivity index (χ2n) is 9.43. The van der Waals surface area contributed by atoms with Gasteiger partial charge in [-0.3, -0.25) is 4.90 Å². The Morgan fingerprint density at radius 2 is 1.83 bits per heavy atom. The van der Waals surface area contributed by atoms with Crippen LogP contribution in [0.25, 0.3) is 11.0 Å². The van der Waals surface area contributed by atoms with Gasteiger partial charge in [-0.2, -0.15) is 0 Å². The monoisotopic (exact) mass is 389 g/mol. The van der Waals surface area contributed by atoms with E-state index in [1.54, 1.807) is 0 Å². The van der Waals surface area contributed by atoms with E-state index in [9.17, 15) is 5.11 Å². The molecule has 0 amide bonds. The first-order valence-corrected chi connectivity index (χ1v) is 11.0. The van der Waals surface area contributed by atoms with Crippen LogP contribution < -0.4 is 0 Å². The fourth-order valence-electron chi connectivity index (χ4n) is 5.62. The highest BCUT2D eigenvalue weighted by Crippen LogP contribution is 2.47. The Hall–Kier alpha value is -2.17. The summed E-state index contributed by atoms with van der Waals surface area (Å²) in [6, 6.07) is 13.6. The molecule has 4 heteroatoms. The van der Waals surface area contributed by atoms with Crippen LogP contribution in [0.1, 0.15) is 67.8 Å². The van der Waals surface area contributed by atoms with Gasteiger partial charge in [-0.15, -0.1) is 0 Å². The first-order valence-electron chi connectivity index (χ1n) is 11.0. The van der Waals surface area contributed by atoms with Crippen molar-refractivity contribution in [3.8, 4) is 0 Å². The van der Waals surface area contributed by atoms with Gasteiger partial charge in [-0.05, 0) is 61.8 Å². The molecule has 2 bridgehead atoms. The van der Waals surface area contributed by atoms with E-state index in [1.165, 1.54) is 35.0 Å². The van der Waals surface area contributed by atoms with E-state index >= 15 is 0 Å². The zero-order valence-corrected chi connectivity index (χ0v) is 17.7. The molecule has 4 heterocycles. The number of aromatic amines is 1. The molecule has 2 aliphatic rings. The van der Waals surface area contributed by atoms with E-state index in [2.05, 4.69) is 66.0 Å². The molecule has 29 heavy (non-hydrogen) atoms. The number of piperidine rings is 1. The highest BCUT2D eigenvalue weighted by molar-refractivity contribution is 5.81. The van der Waals surface area contributed by atoms with Crippen molar-refractivity contribution in [1.29, 1.82) is 0 Å². The van der Waals surface area contributed by atoms with E-state index in [1.807, 2.05) is 12.3 Å². The van der Waals surface area contributed by atoms with Gasteiger partial charge in [0.15, 0.2) is 0 Å². The Balaban J connectivity index is 1.44. The summed E-state index contributed by atoms with van der Waals surface area (Å²) in [5.74, 6) is 0.436. The molecular weight excluding hydrogens is 358 g/mol. The number of nitrogens with zero attached hydrogens (tertiary/aromatic N) is 2. The summed E-state index contributed by atoms with van der Waals surface area (Å²) in [6.07, 6.45) is 5.86. The normalized spacial score (nSPS) is 27.2. The summed E-state index contributed by atoms with van der Waals surface area (Å²) >= 11 is 0. The van der Waals surface area contributed by atoms with Gasteiger partial charge in [0.25, 0.3) is 0 Å².